The summed E-state index contributed by atoms with van der Waals surface area (Å²) in [6, 6.07) is 6.16. The van der Waals surface area contributed by atoms with Gasteiger partial charge in [0.2, 0.25) is 5.91 Å². The molecule has 0 aliphatic rings. The first-order valence-electron chi connectivity index (χ1n) is 7.30. The second-order valence-corrected chi connectivity index (χ2v) is 6.05. The lowest BCUT2D eigenvalue weighted by atomic mass is 10.2. The monoisotopic (exact) mass is 303 g/mol. The number of aromatic nitrogens is 2. The lowest BCUT2D eigenvalue weighted by molar-refractivity contribution is -0.121. The van der Waals surface area contributed by atoms with Crippen molar-refractivity contribution in [2.45, 2.75) is 45.6 Å². The maximum absolute atomic E-state index is 11.8. The molecule has 21 heavy (non-hydrogen) atoms. The molecule has 2 rings (SSSR count). The smallest absolute Gasteiger partial charge is 0.226 e. The minimum absolute atomic E-state index is 0.0472. The summed E-state index contributed by atoms with van der Waals surface area (Å²) in [5, 5.41) is 6.00. The Morgan fingerprint density at radius 3 is 2.90 bits per heavy atom. The van der Waals surface area contributed by atoms with Gasteiger partial charge in [-0.2, -0.15) is 0 Å². The van der Waals surface area contributed by atoms with E-state index in [1.165, 1.54) is 0 Å². The first kappa shape index (κ1) is 15.6. The third-order valence-electron chi connectivity index (χ3n) is 3.28. The molecule has 1 atom stereocenters. The van der Waals surface area contributed by atoms with Crippen LogP contribution in [0.5, 0.6) is 0 Å². The molecule has 0 saturated heterocycles. The van der Waals surface area contributed by atoms with Crippen LogP contribution in [-0.4, -0.2) is 21.9 Å². The Labute approximate surface area is 129 Å². The molecule has 5 heteroatoms. The fraction of sp³-hybridized carbons (Fsp3) is 0.438. The third kappa shape index (κ3) is 5.27. The summed E-state index contributed by atoms with van der Waals surface area (Å²) >= 11 is 1.62. The average Bonchev–Trinajstić information content (AvgIpc) is 2.93. The number of pyridine rings is 1. The Balaban J connectivity index is 1.82. The van der Waals surface area contributed by atoms with Gasteiger partial charge in [-0.25, -0.2) is 4.98 Å². The minimum atomic E-state index is 0.0472. The molecule has 1 unspecified atom stereocenters. The van der Waals surface area contributed by atoms with E-state index in [9.17, 15) is 4.79 Å². The Hall–Kier alpha value is -1.75. The van der Waals surface area contributed by atoms with Crippen LogP contribution in [0.1, 0.15) is 36.7 Å². The van der Waals surface area contributed by atoms with Crippen molar-refractivity contribution in [3.05, 3.63) is 46.2 Å². The summed E-state index contributed by atoms with van der Waals surface area (Å²) in [4.78, 5) is 20.6. The largest absolute Gasteiger partial charge is 0.353 e. The van der Waals surface area contributed by atoms with Crippen molar-refractivity contribution in [3.8, 4) is 0 Å². The van der Waals surface area contributed by atoms with Crippen molar-refractivity contribution in [1.29, 1.82) is 0 Å². The number of carbonyl (C=O) groups excluding carboxylic acids is 1. The highest BCUT2D eigenvalue weighted by Crippen LogP contribution is 2.13. The fourth-order valence-corrected chi connectivity index (χ4v) is 2.72. The van der Waals surface area contributed by atoms with Crippen molar-refractivity contribution in [1.82, 2.24) is 15.3 Å². The van der Waals surface area contributed by atoms with Gasteiger partial charge in [0, 0.05) is 29.7 Å². The number of amides is 1. The first-order chi connectivity index (χ1) is 10.2. The molecule has 112 valence electrons. The van der Waals surface area contributed by atoms with Gasteiger partial charge in [0.25, 0.3) is 0 Å². The number of thiazole rings is 1. The second kappa shape index (κ2) is 7.88. The molecule has 0 aliphatic carbocycles. The number of nitrogens with zero attached hydrogens (tertiary/aromatic N) is 2. The van der Waals surface area contributed by atoms with Gasteiger partial charge >= 0.3 is 0 Å². The van der Waals surface area contributed by atoms with E-state index in [2.05, 4.69) is 22.2 Å². The van der Waals surface area contributed by atoms with Gasteiger partial charge in [0.15, 0.2) is 0 Å². The van der Waals surface area contributed by atoms with Crippen LogP contribution in [0.15, 0.2) is 29.8 Å². The molecule has 2 aromatic rings. The lowest BCUT2D eigenvalue weighted by Gasteiger charge is -2.10. The van der Waals surface area contributed by atoms with Gasteiger partial charge < -0.3 is 5.32 Å². The molecule has 2 aromatic heterocycles. The Morgan fingerprint density at radius 1 is 1.33 bits per heavy atom. The Bertz CT molecular complexity index is 568. The SMILES string of the molecule is CCC(C)NC(=O)Cc1csc(CCc2ccccn2)n1. The fourth-order valence-electron chi connectivity index (χ4n) is 1.92. The van der Waals surface area contributed by atoms with Gasteiger partial charge in [0.1, 0.15) is 0 Å². The van der Waals surface area contributed by atoms with Gasteiger partial charge in [-0.3, -0.25) is 9.78 Å². The topological polar surface area (TPSA) is 54.9 Å². The van der Waals surface area contributed by atoms with Gasteiger partial charge in [-0.15, -0.1) is 11.3 Å². The van der Waals surface area contributed by atoms with Crippen molar-refractivity contribution < 1.29 is 4.79 Å². The van der Waals surface area contributed by atoms with Crippen molar-refractivity contribution >= 4 is 17.2 Å². The minimum Gasteiger partial charge on any atom is -0.353 e. The van der Waals surface area contributed by atoms with E-state index in [1.807, 2.05) is 36.7 Å². The van der Waals surface area contributed by atoms with E-state index in [0.717, 1.165) is 35.7 Å². The van der Waals surface area contributed by atoms with Crippen LogP contribution in [-0.2, 0) is 24.1 Å². The zero-order valence-corrected chi connectivity index (χ0v) is 13.3. The molecule has 0 fully saturated rings. The molecule has 0 bridgehead atoms. The van der Waals surface area contributed by atoms with Crippen LogP contribution < -0.4 is 5.32 Å². The number of aryl methyl sites for hydroxylation is 2. The molecule has 0 radical (unpaired) electrons. The van der Waals surface area contributed by atoms with E-state index < -0.39 is 0 Å². The molecule has 4 nitrogen and oxygen atoms in total. The number of hydrogen-bond acceptors (Lipinski definition) is 4. The molecular formula is C16H21N3OS. The third-order valence-corrected chi connectivity index (χ3v) is 4.24. The van der Waals surface area contributed by atoms with Gasteiger partial charge in [-0.05, 0) is 31.9 Å². The van der Waals surface area contributed by atoms with Crippen LogP contribution >= 0.6 is 11.3 Å². The van der Waals surface area contributed by atoms with Crippen molar-refractivity contribution in [3.63, 3.8) is 0 Å². The summed E-state index contributed by atoms with van der Waals surface area (Å²) in [5.41, 5.74) is 1.93. The molecule has 1 amide bonds. The van der Waals surface area contributed by atoms with E-state index in [1.54, 1.807) is 11.3 Å². The molecule has 0 aromatic carbocycles. The molecule has 1 N–H and O–H groups in total. The van der Waals surface area contributed by atoms with Crippen LogP contribution in [0.3, 0.4) is 0 Å². The molecule has 2 heterocycles. The highest BCUT2D eigenvalue weighted by Gasteiger charge is 2.10. The first-order valence-corrected chi connectivity index (χ1v) is 8.18. The predicted molar refractivity (Wildman–Crippen MR) is 85.4 cm³/mol. The number of nitrogens with one attached hydrogen (secondary N) is 1. The maximum atomic E-state index is 11.8. The summed E-state index contributed by atoms with van der Waals surface area (Å²) < 4.78 is 0. The lowest BCUT2D eigenvalue weighted by Crippen LogP contribution is -2.33. The van der Waals surface area contributed by atoms with Crippen LogP contribution in [0.25, 0.3) is 0 Å². The highest BCUT2D eigenvalue weighted by molar-refractivity contribution is 7.09. The molecule has 0 saturated carbocycles. The molecule has 0 aliphatic heterocycles. The standard InChI is InChI=1S/C16H21N3OS/c1-3-12(2)18-15(20)10-14-11-21-16(19-14)8-7-13-6-4-5-9-17-13/h4-6,9,11-12H,3,7-8,10H2,1-2H3,(H,18,20). The number of carbonyl (C=O) groups is 1. The summed E-state index contributed by atoms with van der Waals surface area (Å²) in [7, 11) is 0. The van der Waals surface area contributed by atoms with Crippen LogP contribution in [0.4, 0.5) is 0 Å². The van der Waals surface area contributed by atoms with E-state index in [4.69, 9.17) is 0 Å². The van der Waals surface area contributed by atoms with E-state index in [0.29, 0.717) is 6.42 Å². The highest BCUT2D eigenvalue weighted by atomic mass is 32.1. The Kier molecular flexibility index (Phi) is 5.87. The zero-order chi connectivity index (χ0) is 15.1. The van der Waals surface area contributed by atoms with Gasteiger partial charge in [0.05, 0.1) is 17.1 Å². The average molecular weight is 303 g/mol. The molecular weight excluding hydrogens is 282 g/mol. The number of hydrogen-bond donors (Lipinski definition) is 1. The van der Waals surface area contributed by atoms with Crippen LogP contribution in [0.2, 0.25) is 0 Å². The quantitative estimate of drug-likeness (QED) is 0.855. The van der Waals surface area contributed by atoms with Crippen molar-refractivity contribution in [2.24, 2.45) is 0 Å². The molecule has 0 spiro atoms. The zero-order valence-electron chi connectivity index (χ0n) is 12.5. The van der Waals surface area contributed by atoms with E-state index >= 15 is 0 Å². The van der Waals surface area contributed by atoms with Gasteiger partial charge in [-0.1, -0.05) is 13.0 Å². The number of rotatable bonds is 7. The normalized spacial score (nSPS) is 12.1. The van der Waals surface area contributed by atoms with Crippen LogP contribution in [0, 0.1) is 0 Å². The summed E-state index contributed by atoms with van der Waals surface area (Å²) in [6.45, 7) is 4.07. The summed E-state index contributed by atoms with van der Waals surface area (Å²) in [6.07, 6.45) is 4.87. The predicted octanol–water partition coefficient (Wildman–Crippen LogP) is 2.78. The Morgan fingerprint density at radius 2 is 2.19 bits per heavy atom. The van der Waals surface area contributed by atoms with Crippen molar-refractivity contribution in [2.75, 3.05) is 0 Å². The van der Waals surface area contributed by atoms with E-state index in [-0.39, 0.29) is 11.9 Å². The summed E-state index contributed by atoms with van der Waals surface area (Å²) in [5.74, 6) is 0.0472. The second-order valence-electron chi connectivity index (χ2n) is 5.11. The maximum Gasteiger partial charge on any atom is 0.226 e.